The van der Waals surface area contributed by atoms with Crippen LogP contribution < -0.4 is 10.2 Å². The van der Waals surface area contributed by atoms with Crippen molar-refractivity contribution >= 4 is 29.0 Å². The maximum atomic E-state index is 13.6. The standard InChI is InChI=1S/C20H17F5N6O3/c21-12-1-2-14(13(22)9-12)26-17(32)10-34-18(33)11-5-7-30(8-6-11)16-4-3-15-27-28-19(20(23,24)25)31(15)29-16/h1-4,9,11H,5-8,10H2,(H,26,32). The minimum Gasteiger partial charge on any atom is -0.455 e. The first-order chi connectivity index (χ1) is 16.1. The number of benzene rings is 1. The van der Waals surface area contributed by atoms with E-state index in [1.807, 2.05) is 0 Å². The van der Waals surface area contributed by atoms with Crippen LogP contribution in [0, 0.1) is 17.6 Å². The van der Waals surface area contributed by atoms with E-state index in [1.165, 1.54) is 12.1 Å². The number of fused-ring (bicyclic) bond motifs is 1. The van der Waals surface area contributed by atoms with Crippen LogP contribution in [-0.2, 0) is 20.5 Å². The average molecular weight is 484 g/mol. The number of esters is 1. The molecule has 9 nitrogen and oxygen atoms in total. The Morgan fingerprint density at radius 2 is 1.82 bits per heavy atom. The summed E-state index contributed by atoms with van der Waals surface area (Å²) in [6.45, 7) is -0.0224. The molecule has 0 unspecified atom stereocenters. The van der Waals surface area contributed by atoms with Gasteiger partial charge in [0.25, 0.3) is 11.7 Å². The first kappa shape index (κ1) is 23.3. The van der Waals surface area contributed by atoms with Crippen molar-refractivity contribution in [3.05, 3.63) is 47.8 Å². The minimum atomic E-state index is -4.71. The van der Waals surface area contributed by atoms with Gasteiger partial charge in [-0.3, -0.25) is 9.59 Å². The molecular formula is C20H17F5N6O3. The van der Waals surface area contributed by atoms with Gasteiger partial charge in [0.15, 0.2) is 12.3 Å². The van der Waals surface area contributed by atoms with Crippen molar-refractivity contribution in [1.82, 2.24) is 19.8 Å². The van der Waals surface area contributed by atoms with Crippen molar-refractivity contribution in [2.75, 3.05) is 29.9 Å². The molecule has 2 aromatic heterocycles. The van der Waals surface area contributed by atoms with Crippen LogP contribution in [0.1, 0.15) is 18.7 Å². The number of carbonyl (C=O) groups excluding carboxylic acids is 2. The van der Waals surface area contributed by atoms with Crippen LogP contribution in [0.5, 0.6) is 0 Å². The van der Waals surface area contributed by atoms with Gasteiger partial charge in [0.05, 0.1) is 11.6 Å². The van der Waals surface area contributed by atoms with Crippen molar-refractivity contribution in [3.8, 4) is 0 Å². The lowest BCUT2D eigenvalue weighted by molar-refractivity contribution is -0.152. The fraction of sp³-hybridized carbons (Fsp3) is 0.350. The first-order valence-corrected chi connectivity index (χ1v) is 10.1. The predicted molar refractivity (Wildman–Crippen MR) is 107 cm³/mol. The molecule has 0 saturated carbocycles. The second-order valence-corrected chi connectivity index (χ2v) is 7.52. The quantitative estimate of drug-likeness (QED) is 0.439. The van der Waals surface area contributed by atoms with Gasteiger partial charge in [-0.15, -0.1) is 15.3 Å². The molecule has 14 heteroatoms. The number of nitrogens with zero attached hydrogens (tertiary/aromatic N) is 5. The molecule has 3 aromatic rings. The minimum absolute atomic E-state index is 0.0478. The molecule has 1 saturated heterocycles. The van der Waals surface area contributed by atoms with Crippen molar-refractivity contribution < 1.29 is 36.3 Å². The lowest BCUT2D eigenvalue weighted by Crippen LogP contribution is -2.38. The summed E-state index contributed by atoms with van der Waals surface area (Å²) in [6, 6.07) is 5.51. The number of piperidine rings is 1. The monoisotopic (exact) mass is 484 g/mol. The van der Waals surface area contributed by atoms with E-state index in [0.717, 1.165) is 12.1 Å². The van der Waals surface area contributed by atoms with Crippen LogP contribution in [0.25, 0.3) is 5.65 Å². The molecule has 180 valence electrons. The first-order valence-electron chi connectivity index (χ1n) is 10.1. The SMILES string of the molecule is O=C(COC(=O)C1CCN(c2ccc3nnc(C(F)(F)F)n3n2)CC1)Nc1ccc(F)cc1F. The number of hydrogen-bond acceptors (Lipinski definition) is 7. The Bertz CT molecular complexity index is 1220. The van der Waals surface area contributed by atoms with Gasteiger partial charge in [0.2, 0.25) is 0 Å². The molecule has 1 aliphatic rings. The number of carbonyl (C=O) groups is 2. The highest BCUT2D eigenvalue weighted by atomic mass is 19.4. The number of alkyl halides is 3. The summed E-state index contributed by atoms with van der Waals surface area (Å²) in [5.74, 6) is -4.68. The van der Waals surface area contributed by atoms with Crippen LogP contribution in [0.4, 0.5) is 33.5 Å². The molecule has 1 N–H and O–H groups in total. The van der Waals surface area contributed by atoms with Crippen LogP contribution in [0.2, 0.25) is 0 Å². The van der Waals surface area contributed by atoms with E-state index in [2.05, 4.69) is 20.6 Å². The molecule has 1 fully saturated rings. The summed E-state index contributed by atoms with van der Waals surface area (Å²) in [4.78, 5) is 25.9. The van der Waals surface area contributed by atoms with Crippen LogP contribution >= 0.6 is 0 Å². The fourth-order valence-corrected chi connectivity index (χ4v) is 3.50. The van der Waals surface area contributed by atoms with Crippen molar-refractivity contribution in [2.24, 2.45) is 5.92 Å². The maximum absolute atomic E-state index is 13.6. The molecule has 0 spiro atoms. The average Bonchev–Trinajstić information content (AvgIpc) is 3.23. The fourth-order valence-electron chi connectivity index (χ4n) is 3.50. The second-order valence-electron chi connectivity index (χ2n) is 7.52. The predicted octanol–water partition coefficient (Wildman–Crippen LogP) is 2.82. The number of halogens is 5. The molecule has 3 heterocycles. The summed E-state index contributed by atoms with van der Waals surface area (Å²) in [5, 5.41) is 12.8. The smallest absolute Gasteiger partial charge is 0.453 e. The molecular weight excluding hydrogens is 467 g/mol. The summed E-state index contributed by atoms with van der Waals surface area (Å²) in [6.07, 6.45) is -4.07. The second kappa shape index (κ2) is 9.19. The summed E-state index contributed by atoms with van der Waals surface area (Å²) < 4.78 is 71.3. The lowest BCUT2D eigenvalue weighted by atomic mass is 9.97. The molecule has 0 atom stereocenters. The van der Waals surface area contributed by atoms with E-state index in [-0.39, 0.29) is 17.2 Å². The van der Waals surface area contributed by atoms with E-state index in [1.54, 1.807) is 4.90 Å². The molecule has 4 rings (SSSR count). The number of hydrogen-bond donors (Lipinski definition) is 1. The Kier molecular flexibility index (Phi) is 6.30. The molecule has 1 aliphatic heterocycles. The van der Waals surface area contributed by atoms with Crippen molar-refractivity contribution in [3.63, 3.8) is 0 Å². The third-order valence-corrected chi connectivity index (χ3v) is 5.21. The van der Waals surface area contributed by atoms with E-state index in [0.29, 0.717) is 36.5 Å². The Morgan fingerprint density at radius 3 is 2.50 bits per heavy atom. The van der Waals surface area contributed by atoms with Gasteiger partial charge >= 0.3 is 12.1 Å². The van der Waals surface area contributed by atoms with Crippen LogP contribution in [-0.4, -0.2) is 51.4 Å². The zero-order chi connectivity index (χ0) is 24.5. The van der Waals surface area contributed by atoms with Gasteiger partial charge in [0.1, 0.15) is 17.5 Å². The summed E-state index contributed by atoms with van der Waals surface area (Å²) in [7, 11) is 0. The zero-order valence-corrected chi connectivity index (χ0v) is 17.4. The number of amides is 1. The van der Waals surface area contributed by atoms with Gasteiger partial charge in [-0.25, -0.2) is 8.78 Å². The number of rotatable bonds is 5. The molecule has 34 heavy (non-hydrogen) atoms. The normalized spacial score (nSPS) is 14.9. The maximum Gasteiger partial charge on any atom is 0.453 e. The highest BCUT2D eigenvalue weighted by Gasteiger charge is 2.38. The highest BCUT2D eigenvalue weighted by Crippen LogP contribution is 2.29. The molecule has 0 bridgehead atoms. The topological polar surface area (TPSA) is 102 Å². The van der Waals surface area contributed by atoms with E-state index >= 15 is 0 Å². The molecule has 0 aliphatic carbocycles. The Balaban J connectivity index is 1.30. The van der Waals surface area contributed by atoms with Gasteiger partial charge in [-0.1, -0.05) is 0 Å². The van der Waals surface area contributed by atoms with E-state index in [9.17, 15) is 31.5 Å². The van der Waals surface area contributed by atoms with E-state index in [4.69, 9.17) is 4.74 Å². The van der Waals surface area contributed by atoms with Gasteiger partial charge in [-0.05, 0) is 37.1 Å². The van der Waals surface area contributed by atoms with Crippen molar-refractivity contribution in [2.45, 2.75) is 19.0 Å². The largest absolute Gasteiger partial charge is 0.455 e. The van der Waals surface area contributed by atoms with Crippen LogP contribution in [0.15, 0.2) is 30.3 Å². The highest BCUT2D eigenvalue weighted by molar-refractivity contribution is 5.93. The molecule has 0 radical (unpaired) electrons. The molecule has 1 aromatic carbocycles. The lowest BCUT2D eigenvalue weighted by Gasteiger charge is -2.31. The van der Waals surface area contributed by atoms with Gasteiger partial charge < -0.3 is 15.0 Å². The Labute approximate surface area is 188 Å². The Morgan fingerprint density at radius 1 is 1.09 bits per heavy atom. The third-order valence-electron chi connectivity index (χ3n) is 5.21. The Hall–Kier alpha value is -3.84. The molecule has 1 amide bonds. The van der Waals surface area contributed by atoms with Gasteiger partial charge in [0, 0.05) is 19.2 Å². The van der Waals surface area contributed by atoms with E-state index < -0.39 is 48.0 Å². The number of nitrogens with one attached hydrogen (secondary N) is 1. The zero-order valence-electron chi connectivity index (χ0n) is 17.4. The summed E-state index contributed by atoms with van der Waals surface area (Å²) in [5.41, 5.74) is -0.296. The van der Waals surface area contributed by atoms with Crippen LogP contribution in [0.3, 0.4) is 0 Å². The number of ether oxygens (including phenoxy) is 1. The number of anilines is 2. The van der Waals surface area contributed by atoms with Crippen molar-refractivity contribution in [1.29, 1.82) is 0 Å². The van der Waals surface area contributed by atoms with Gasteiger partial charge in [-0.2, -0.15) is 17.7 Å². The third kappa shape index (κ3) is 5.05. The number of aromatic nitrogens is 4. The summed E-state index contributed by atoms with van der Waals surface area (Å²) >= 11 is 0.